The first-order valence-electron chi connectivity index (χ1n) is 6.08. The Kier molecular flexibility index (Phi) is 4.59. The second-order valence-electron chi connectivity index (χ2n) is 4.35. The number of hydrogen-bond donors (Lipinski definition) is 2. The number of nitrogens with two attached hydrogens (primary N) is 1. The van der Waals surface area contributed by atoms with Crippen LogP contribution in [0.2, 0.25) is 0 Å². The molecule has 1 aliphatic heterocycles. The quantitative estimate of drug-likeness (QED) is 0.828. The van der Waals surface area contributed by atoms with E-state index >= 15 is 0 Å². The predicted octanol–water partition coefficient (Wildman–Crippen LogP) is 1.64. The van der Waals surface area contributed by atoms with Crippen molar-refractivity contribution in [1.82, 2.24) is 5.32 Å². The summed E-state index contributed by atoms with van der Waals surface area (Å²) in [7, 11) is 3.36. The van der Waals surface area contributed by atoms with E-state index in [0.717, 1.165) is 29.4 Å². The van der Waals surface area contributed by atoms with E-state index in [2.05, 4.69) is 10.2 Å². The number of nitrogen functional groups attached to an aromatic ring is 1. The number of carbonyl (C=O) groups is 1. The van der Waals surface area contributed by atoms with E-state index in [0.29, 0.717) is 10.6 Å². The molecule has 5 nitrogen and oxygen atoms in total. The molecule has 7 heteroatoms. The molecule has 1 atom stereocenters. The van der Waals surface area contributed by atoms with Crippen molar-refractivity contribution in [1.29, 1.82) is 0 Å². The predicted molar refractivity (Wildman–Crippen MR) is 81.5 cm³/mol. The van der Waals surface area contributed by atoms with E-state index < -0.39 is 0 Å². The third kappa shape index (κ3) is 2.68. The highest BCUT2D eigenvalue weighted by molar-refractivity contribution is 7.99. The highest BCUT2D eigenvalue weighted by Crippen LogP contribution is 2.44. The maximum absolute atomic E-state index is 11.8. The lowest BCUT2D eigenvalue weighted by Crippen LogP contribution is -2.21. The smallest absolute Gasteiger partial charge is 0.263 e. The van der Waals surface area contributed by atoms with E-state index in [1.807, 2.05) is 6.26 Å². The lowest BCUT2D eigenvalue weighted by atomic mass is 10.3. The minimum Gasteiger partial charge on any atom is -0.396 e. The number of ether oxygens (including phenoxy) is 1. The number of amides is 1. The van der Waals surface area contributed by atoms with Crippen LogP contribution in [0, 0.1) is 0 Å². The van der Waals surface area contributed by atoms with Crippen LogP contribution in [-0.2, 0) is 4.74 Å². The number of rotatable bonds is 4. The summed E-state index contributed by atoms with van der Waals surface area (Å²) in [5.41, 5.74) is 6.69. The van der Waals surface area contributed by atoms with E-state index in [-0.39, 0.29) is 12.0 Å². The van der Waals surface area contributed by atoms with E-state index in [1.165, 1.54) is 11.3 Å². The van der Waals surface area contributed by atoms with Gasteiger partial charge in [0.2, 0.25) is 0 Å². The van der Waals surface area contributed by atoms with Crippen molar-refractivity contribution in [3.05, 3.63) is 4.88 Å². The molecule has 0 radical (unpaired) electrons. The molecule has 0 spiro atoms. The number of thiophene rings is 1. The zero-order valence-electron chi connectivity index (χ0n) is 11.4. The average molecular weight is 301 g/mol. The number of nitrogens with zero attached hydrogens (tertiary/aromatic N) is 1. The highest BCUT2D eigenvalue weighted by atomic mass is 32.2. The van der Waals surface area contributed by atoms with Crippen LogP contribution in [0.1, 0.15) is 16.1 Å². The van der Waals surface area contributed by atoms with Crippen molar-refractivity contribution < 1.29 is 9.53 Å². The van der Waals surface area contributed by atoms with Gasteiger partial charge in [-0.2, -0.15) is 0 Å². The van der Waals surface area contributed by atoms with Gasteiger partial charge in [0, 0.05) is 27.2 Å². The number of anilines is 2. The maximum Gasteiger partial charge on any atom is 0.263 e. The number of nitrogens with one attached hydrogen (secondary N) is 1. The van der Waals surface area contributed by atoms with Crippen molar-refractivity contribution >= 4 is 39.7 Å². The molecule has 0 aromatic carbocycles. The molecule has 1 amide bonds. The normalized spacial score (nSPS) is 18.9. The lowest BCUT2D eigenvalue weighted by Gasteiger charge is -2.17. The van der Waals surface area contributed by atoms with Crippen LogP contribution in [0.4, 0.5) is 10.7 Å². The summed E-state index contributed by atoms with van der Waals surface area (Å²) in [5, 5.41) is 3.72. The fourth-order valence-electron chi connectivity index (χ4n) is 2.21. The maximum atomic E-state index is 11.8. The van der Waals surface area contributed by atoms with Crippen molar-refractivity contribution in [2.45, 2.75) is 17.4 Å². The molecule has 1 unspecified atom stereocenters. The molecule has 19 heavy (non-hydrogen) atoms. The number of hydrogen-bond acceptors (Lipinski definition) is 6. The lowest BCUT2D eigenvalue weighted by molar-refractivity contribution is 0.0968. The monoisotopic (exact) mass is 301 g/mol. The zero-order chi connectivity index (χ0) is 14.0. The molecule has 0 saturated carbocycles. The van der Waals surface area contributed by atoms with Crippen molar-refractivity contribution in [2.24, 2.45) is 0 Å². The topological polar surface area (TPSA) is 67.6 Å². The molecule has 1 fully saturated rings. The molecular weight excluding hydrogens is 282 g/mol. The fourth-order valence-corrected chi connectivity index (χ4v) is 4.37. The summed E-state index contributed by atoms with van der Waals surface area (Å²) >= 11 is 3.06. The number of thioether (sulfide) groups is 1. The highest BCUT2D eigenvalue weighted by Gasteiger charge is 2.28. The Labute approximate surface area is 121 Å². The van der Waals surface area contributed by atoms with Gasteiger partial charge in [-0.25, -0.2) is 0 Å². The summed E-state index contributed by atoms with van der Waals surface area (Å²) in [6.07, 6.45) is 3.26. The summed E-state index contributed by atoms with van der Waals surface area (Å²) in [5.74, 6) is -0.119. The minimum atomic E-state index is -0.119. The first-order valence-corrected chi connectivity index (χ1v) is 8.12. The standard InChI is InChI=1S/C12H19N3O2S2/c1-14-11(16)9-8(13)10(18-3)12(19-9)15-5-4-7(6-15)17-2/h7H,4-6,13H2,1-3H3,(H,14,16). The van der Waals surface area contributed by atoms with Gasteiger partial charge in [-0.15, -0.1) is 23.1 Å². The molecule has 0 bridgehead atoms. The van der Waals surface area contributed by atoms with Gasteiger partial charge in [0.15, 0.2) is 0 Å². The van der Waals surface area contributed by atoms with Crippen LogP contribution in [0.25, 0.3) is 0 Å². The largest absolute Gasteiger partial charge is 0.396 e. The van der Waals surface area contributed by atoms with E-state index in [1.54, 1.807) is 25.9 Å². The van der Waals surface area contributed by atoms with Crippen LogP contribution in [0.5, 0.6) is 0 Å². The van der Waals surface area contributed by atoms with Crippen molar-refractivity contribution in [3.63, 3.8) is 0 Å². The molecule has 0 aliphatic carbocycles. The Morgan fingerprint density at radius 1 is 1.63 bits per heavy atom. The minimum absolute atomic E-state index is 0.119. The molecule has 106 valence electrons. The molecule has 1 aromatic rings. The molecule has 1 aliphatic rings. The molecule has 1 saturated heterocycles. The third-order valence-electron chi connectivity index (χ3n) is 3.29. The zero-order valence-corrected chi connectivity index (χ0v) is 13.0. The fraction of sp³-hybridized carbons (Fsp3) is 0.583. The average Bonchev–Trinajstić information content (AvgIpc) is 3.01. The van der Waals surface area contributed by atoms with E-state index in [4.69, 9.17) is 10.5 Å². The summed E-state index contributed by atoms with van der Waals surface area (Å²) in [6, 6.07) is 0. The second-order valence-corrected chi connectivity index (χ2v) is 6.17. The molecule has 2 heterocycles. The summed E-state index contributed by atoms with van der Waals surface area (Å²) in [6.45, 7) is 1.80. The van der Waals surface area contributed by atoms with Crippen LogP contribution >= 0.6 is 23.1 Å². The SMILES string of the molecule is CNC(=O)c1sc(N2CCC(OC)C2)c(SC)c1N. The Morgan fingerprint density at radius 3 is 2.89 bits per heavy atom. The Bertz CT molecular complexity index is 476. The molecule has 1 aromatic heterocycles. The van der Waals surface area contributed by atoms with Gasteiger partial charge in [-0.05, 0) is 12.7 Å². The number of methoxy groups -OCH3 is 1. The van der Waals surface area contributed by atoms with Gasteiger partial charge < -0.3 is 20.7 Å². The van der Waals surface area contributed by atoms with Crippen molar-refractivity contribution in [2.75, 3.05) is 44.1 Å². The van der Waals surface area contributed by atoms with Crippen LogP contribution in [0.15, 0.2) is 4.90 Å². The molecule has 3 N–H and O–H groups in total. The summed E-state index contributed by atoms with van der Waals surface area (Å²) in [4.78, 5) is 15.7. The Morgan fingerprint density at radius 2 is 2.37 bits per heavy atom. The molecular formula is C12H19N3O2S2. The third-order valence-corrected chi connectivity index (χ3v) is 5.50. The Hall–Kier alpha value is -0.920. The second kappa shape index (κ2) is 6.02. The molecule has 2 rings (SSSR count). The van der Waals surface area contributed by atoms with Gasteiger partial charge in [0.05, 0.1) is 16.7 Å². The van der Waals surface area contributed by atoms with Gasteiger partial charge in [-0.3, -0.25) is 4.79 Å². The first kappa shape index (κ1) is 14.5. The van der Waals surface area contributed by atoms with Gasteiger partial charge in [-0.1, -0.05) is 0 Å². The first-order chi connectivity index (χ1) is 9.12. The van der Waals surface area contributed by atoms with Gasteiger partial charge in [0.25, 0.3) is 5.91 Å². The van der Waals surface area contributed by atoms with Crippen LogP contribution in [0.3, 0.4) is 0 Å². The Balaban J connectivity index is 2.32. The van der Waals surface area contributed by atoms with Crippen molar-refractivity contribution in [3.8, 4) is 0 Å². The summed E-state index contributed by atoms with van der Waals surface area (Å²) < 4.78 is 5.39. The van der Waals surface area contributed by atoms with Gasteiger partial charge >= 0.3 is 0 Å². The van der Waals surface area contributed by atoms with Gasteiger partial charge in [0.1, 0.15) is 9.88 Å². The van der Waals surface area contributed by atoms with Crippen LogP contribution < -0.4 is 16.0 Å². The van der Waals surface area contributed by atoms with E-state index in [9.17, 15) is 4.79 Å². The van der Waals surface area contributed by atoms with Crippen LogP contribution in [-0.4, -0.2) is 45.5 Å². The number of carbonyl (C=O) groups excluding carboxylic acids is 1.